The molecular formula is C17H22BrF3N2O4S. The van der Waals surface area contributed by atoms with Crippen LogP contribution in [-0.4, -0.2) is 44.1 Å². The second-order valence-corrected chi connectivity index (χ2v) is 10.2. The molecule has 1 heterocycles. The van der Waals surface area contributed by atoms with Gasteiger partial charge in [0, 0.05) is 23.6 Å². The van der Waals surface area contributed by atoms with Gasteiger partial charge >= 0.3 is 12.3 Å². The van der Waals surface area contributed by atoms with E-state index in [4.69, 9.17) is 4.74 Å². The van der Waals surface area contributed by atoms with E-state index in [0.29, 0.717) is 25.5 Å². The SMILES string of the molecule is CC(C)(C)OC(=O)N1CCCC(NS(=O)(=O)c2cc(Br)cc(C(F)(F)F)c2)C1. The van der Waals surface area contributed by atoms with Crippen LogP contribution >= 0.6 is 15.9 Å². The number of hydrogen-bond acceptors (Lipinski definition) is 4. The van der Waals surface area contributed by atoms with Crippen LogP contribution in [0.2, 0.25) is 0 Å². The number of nitrogens with one attached hydrogen (secondary N) is 1. The van der Waals surface area contributed by atoms with Crippen molar-refractivity contribution in [3.8, 4) is 0 Å². The van der Waals surface area contributed by atoms with Crippen LogP contribution in [-0.2, 0) is 20.9 Å². The van der Waals surface area contributed by atoms with Crippen molar-refractivity contribution >= 4 is 32.0 Å². The van der Waals surface area contributed by atoms with Gasteiger partial charge in [-0.05, 0) is 51.8 Å². The predicted molar refractivity (Wildman–Crippen MR) is 100 cm³/mol. The van der Waals surface area contributed by atoms with Gasteiger partial charge in [0.25, 0.3) is 0 Å². The van der Waals surface area contributed by atoms with Crippen molar-refractivity contribution in [3.63, 3.8) is 0 Å². The predicted octanol–water partition coefficient (Wildman–Crippen LogP) is 4.15. The highest BCUT2D eigenvalue weighted by Crippen LogP contribution is 2.33. The summed E-state index contributed by atoms with van der Waals surface area (Å²) in [5.41, 5.74) is -1.75. The number of likely N-dealkylation sites (tertiary alicyclic amines) is 1. The van der Waals surface area contributed by atoms with Crippen LogP contribution < -0.4 is 4.72 Å². The van der Waals surface area contributed by atoms with Crippen LogP contribution in [0.15, 0.2) is 27.6 Å². The van der Waals surface area contributed by atoms with Gasteiger partial charge in [-0.3, -0.25) is 0 Å². The van der Waals surface area contributed by atoms with Gasteiger partial charge in [-0.25, -0.2) is 17.9 Å². The summed E-state index contributed by atoms with van der Waals surface area (Å²) in [5, 5.41) is 0. The van der Waals surface area contributed by atoms with E-state index >= 15 is 0 Å². The Labute approximate surface area is 170 Å². The summed E-state index contributed by atoms with van der Waals surface area (Å²) in [4.78, 5) is 13.1. The summed E-state index contributed by atoms with van der Waals surface area (Å²) in [6, 6.07) is 1.87. The molecule has 11 heteroatoms. The fourth-order valence-electron chi connectivity index (χ4n) is 2.73. The second kappa shape index (κ2) is 8.19. The van der Waals surface area contributed by atoms with E-state index in [1.807, 2.05) is 0 Å². The number of carbonyl (C=O) groups excluding carboxylic acids is 1. The first-order chi connectivity index (χ1) is 12.7. The van der Waals surface area contributed by atoms with E-state index in [0.717, 1.165) is 12.1 Å². The first-order valence-corrected chi connectivity index (χ1v) is 10.8. The van der Waals surface area contributed by atoms with Crippen molar-refractivity contribution in [2.45, 2.75) is 56.3 Å². The van der Waals surface area contributed by atoms with Gasteiger partial charge in [0.1, 0.15) is 5.60 Å². The summed E-state index contributed by atoms with van der Waals surface area (Å²) in [7, 11) is -4.21. The second-order valence-electron chi connectivity index (χ2n) is 7.56. The smallest absolute Gasteiger partial charge is 0.416 e. The van der Waals surface area contributed by atoms with Crippen LogP contribution in [0.1, 0.15) is 39.2 Å². The van der Waals surface area contributed by atoms with Gasteiger partial charge < -0.3 is 9.64 Å². The summed E-state index contributed by atoms with van der Waals surface area (Å²) in [6.45, 7) is 5.66. The molecule has 1 atom stereocenters. The van der Waals surface area contributed by atoms with E-state index in [1.54, 1.807) is 20.8 Å². The van der Waals surface area contributed by atoms with Crippen molar-refractivity contribution in [2.24, 2.45) is 0 Å². The van der Waals surface area contributed by atoms with Gasteiger partial charge in [0.05, 0.1) is 10.5 Å². The largest absolute Gasteiger partial charge is 0.444 e. The number of alkyl halides is 3. The Morgan fingerprint density at radius 3 is 2.46 bits per heavy atom. The first kappa shape index (κ1) is 23.0. The molecule has 1 aliphatic heterocycles. The van der Waals surface area contributed by atoms with Crippen LogP contribution in [0.25, 0.3) is 0 Å². The molecule has 1 fully saturated rings. The number of rotatable bonds is 3. The molecule has 1 saturated heterocycles. The molecule has 0 aromatic heterocycles. The van der Waals surface area contributed by atoms with E-state index in [2.05, 4.69) is 20.7 Å². The number of sulfonamides is 1. The van der Waals surface area contributed by atoms with Crippen LogP contribution in [0.3, 0.4) is 0 Å². The Hall–Kier alpha value is -1.33. The maximum absolute atomic E-state index is 13.0. The fraction of sp³-hybridized carbons (Fsp3) is 0.588. The van der Waals surface area contributed by atoms with Crippen LogP contribution in [0.5, 0.6) is 0 Å². The fourth-order valence-corrected chi connectivity index (χ4v) is 4.71. The first-order valence-electron chi connectivity index (χ1n) is 8.55. The number of nitrogens with zero attached hydrogens (tertiary/aromatic N) is 1. The standard InChI is InChI=1S/C17H22BrF3N2O4S/c1-16(2,3)27-15(24)23-6-4-5-13(10-23)22-28(25,26)14-8-11(17(19,20)21)7-12(18)9-14/h7-9,13,22H,4-6,10H2,1-3H3. The van der Waals surface area contributed by atoms with Gasteiger partial charge in [-0.1, -0.05) is 15.9 Å². The molecule has 0 aliphatic carbocycles. The molecule has 0 radical (unpaired) electrons. The minimum Gasteiger partial charge on any atom is -0.444 e. The molecule has 1 unspecified atom stereocenters. The number of amides is 1. The Morgan fingerprint density at radius 2 is 1.89 bits per heavy atom. The molecule has 1 aliphatic rings. The molecule has 6 nitrogen and oxygen atoms in total. The highest BCUT2D eigenvalue weighted by atomic mass is 79.9. The zero-order valence-corrected chi connectivity index (χ0v) is 18.0. The van der Waals surface area contributed by atoms with Gasteiger partial charge in [0.2, 0.25) is 10.0 Å². The lowest BCUT2D eigenvalue weighted by Gasteiger charge is -2.34. The monoisotopic (exact) mass is 486 g/mol. The number of benzene rings is 1. The number of halogens is 4. The van der Waals surface area contributed by atoms with E-state index < -0.39 is 44.4 Å². The third kappa shape index (κ3) is 6.35. The van der Waals surface area contributed by atoms with E-state index in [9.17, 15) is 26.4 Å². The molecule has 158 valence electrons. The Bertz CT molecular complexity index is 838. The summed E-state index contributed by atoms with van der Waals surface area (Å²) in [5.74, 6) is 0. The summed E-state index contributed by atoms with van der Waals surface area (Å²) in [6.07, 6.45) is -4.23. The number of piperidine rings is 1. The van der Waals surface area contributed by atoms with E-state index in [-0.39, 0.29) is 11.0 Å². The van der Waals surface area contributed by atoms with Crippen molar-refractivity contribution in [1.82, 2.24) is 9.62 Å². The maximum atomic E-state index is 13.0. The lowest BCUT2D eigenvalue weighted by molar-refractivity contribution is -0.137. The molecule has 0 saturated carbocycles. The number of ether oxygens (including phenoxy) is 1. The molecule has 1 amide bonds. The highest BCUT2D eigenvalue weighted by Gasteiger charge is 2.34. The lowest BCUT2D eigenvalue weighted by atomic mass is 10.1. The summed E-state index contributed by atoms with van der Waals surface area (Å²) >= 11 is 2.92. The molecule has 2 rings (SSSR count). The molecule has 1 N–H and O–H groups in total. The quantitative estimate of drug-likeness (QED) is 0.696. The van der Waals surface area contributed by atoms with Crippen molar-refractivity contribution in [2.75, 3.05) is 13.1 Å². The van der Waals surface area contributed by atoms with Crippen molar-refractivity contribution < 1.29 is 31.1 Å². The van der Waals surface area contributed by atoms with Crippen LogP contribution in [0.4, 0.5) is 18.0 Å². The lowest BCUT2D eigenvalue weighted by Crippen LogP contribution is -2.50. The Kier molecular flexibility index (Phi) is 6.72. The van der Waals surface area contributed by atoms with E-state index in [1.165, 1.54) is 4.90 Å². The molecule has 28 heavy (non-hydrogen) atoms. The van der Waals surface area contributed by atoms with Gasteiger partial charge in [0.15, 0.2) is 0 Å². The normalized spacial score (nSPS) is 18.8. The molecule has 1 aromatic rings. The van der Waals surface area contributed by atoms with Gasteiger partial charge in [-0.15, -0.1) is 0 Å². The topological polar surface area (TPSA) is 75.7 Å². The van der Waals surface area contributed by atoms with Crippen molar-refractivity contribution in [1.29, 1.82) is 0 Å². The Balaban J connectivity index is 2.16. The minimum absolute atomic E-state index is 0.00160. The van der Waals surface area contributed by atoms with Gasteiger partial charge in [-0.2, -0.15) is 13.2 Å². The number of hydrogen-bond donors (Lipinski definition) is 1. The highest BCUT2D eigenvalue weighted by molar-refractivity contribution is 9.10. The Morgan fingerprint density at radius 1 is 1.25 bits per heavy atom. The average Bonchev–Trinajstić information content (AvgIpc) is 2.51. The number of carbonyl (C=O) groups is 1. The molecule has 1 aromatic carbocycles. The average molecular weight is 487 g/mol. The molecule has 0 spiro atoms. The summed E-state index contributed by atoms with van der Waals surface area (Å²) < 4.78 is 71.8. The third-order valence-electron chi connectivity index (χ3n) is 3.90. The third-order valence-corrected chi connectivity index (χ3v) is 5.86. The zero-order valence-electron chi connectivity index (χ0n) is 15.6. The molecule has 0 bridgehead atoms. The minimum atomic E-state index is -4.67. The van der Waals surface area contributed by atoms with Crippen LogP contribution in [0, 0.1) is 0 Å². The molecular weight excluding hydrogens is 465 g/mol. The maximum Gasteiger partial charge on any atom is 0.416 e. The van der Waals surface area contributed by atoms with Crippen molar-refractivity contribution in [3.05, 3.63) is 28.2 Å². The zero-order chi connectivity index (χ0) is 21.3.